The van der Waals surface area contributed by atoms with Gasteiger partial charge in [-0.15, -0.1) is 0 Å². The first kappa shape index (κ1) is 11.0. The van der Waals surface area contributed by atoms with E-state index < -0.39 is 5.97 Å². The lowest BCUT2D eigenvalue weighted by Gasteiger charge is -1.81. The van der Waals surface area contributed by atoms with Gasteiger partial charge in [0.25, 0.3) is 0 Å². The summed E-state index contributed by atoms with van der Waals surface area (Å²) in [4.78, 5) is 10.0. The van der Waals surface area contributed by atoms with Crippen molar-refractivity contribution in [2.45, 2.75) is 0 Å². The molecule has 0 saturated heterocycles. The van der Waals surface area contributed by atoms with Crippen LogP contribution >= 0.6 is 0 Å². The van der Waals surface area contributed by atoms with E-state index in [0.717, 1.165) is 11.0 Å². The molecule has 0 fully saturated rings. The molecule has 0 saturated carbocycles. The molecule has 17 heavy (non-hydrogen) atoms. The molecule has 1 N–H and O–H groups in total. The SMILES string of the molecule is O=C(O)c1ccoc1.c1ccc2occc2c1. The second kappa shape index (κ2) is 5.03. The zero-order chi connectivity index (χ0) is 12.1. The van der Waals surface area contributed by atoms with Gasteiger partial charge in [-0.25, -0.2) is 4.79 Å². The zero-order valence-corrected chi connectivity index (χ0v) is 8.87. The maximum absolute atomic E-state index is 10.0. The highest BCUT2D eigenvalue weighted by molar-refractivity contribution is 5.86. The Morgan fingerprint density at radius 1 is 1.06 bits per heavy atom. The highest BCUT2D eigenvalue weighted by atomic mass is 16.4. The van der Waals surface area contributed by atoms with Crippen LogP contribution in [0.4, 0.5) is 0 Å². The van der Waals surface area contributed by atoms with Gasteiger partial charge < -0.3 is 13.9 Å². The zero-order valence-electron chi connectivity index (χ0n) is 8.87. The molecule has 0 radical (unpaired) electrons. The topological polar surface area (TPSA) is 63.6 Å². The number of carbonyl (C=O) groups is 1. The smallest absolute Gasteiger partial charge is 0.338 e. The average molecular weight is 230 g/mol. The van der Waals surface area contributed by atoms with Gasteiger partial charge >= 0.3 is 5.97 Å². The van der Waals surface area contributed by atoms with Gasteiger partial charge in [-0.1, -0.05) is 18.2 Å². The lowest BCUT2D eigenvalue weighted by molar-refractivity contribution is 0.0696. The van der Waals surface area contributed by atoms with Crippen molar-refractivity contribution in [3.05, 3.63) is 60.8 Å². The van der Waals surface area contributed by atoms with Gasteiger partial charge in [-0.2, -0.15) is 0 Å². The van der Waals surface area contributed by atoms with Gasteiger partial charge in [0.1, 0.15) is 11.8 Å². The van der Waals surface area contributed by atoms with Crippen molar-refractivity contribution < 1.29 is 18.7 Å². The fourth-order valence-corrected chi connectivity index (χ4v) is 1.29. The van der Waals surface area contributed by atoms with Gasteiger partial charge in [-0.05, 0) is 18.2 Å². The first-order chi connectivity index (χ1) is 8.27. The fourth-order valence-electron chi connectivity index (χ4n) is 1.29. The van der Waals surface area contributed by atoms with E-state index in [9.17, 15) is 4.79 Å². The molecule has 3 aromatic rings. The van der Waals surface area contributed by atoms with Crippen LogP contribution in [0, 0.1) is 0 Å². The predicted octanol–water partition coefficient (Wildman–Crippen LogP) is 3.41. The Kier molecular flexibility index (Phi) is 3.25. The van der Waals surface area contributed by atoms with E-state index in [0.29, 0.717) is 0 Å². The van der Waals surface area contributed by atoms with Crippen molar-refractivity contribution >= 4 is 16.9 Å². The number of para-hydroxylation sites is 1. The van der Waals surface area contributed by atoms with E-state index >= 15 is 0 Å². The number of aromatic carboxylic acids is 1. The minimum Gasteiger partial charge on any atom is -0.478 e. The lowest BCUT2D eigenvalue weighted by atomic mass is 10.3. The van der Waals surface area contributed by atoms with Crippen LogP contribution < -0.4 is 0 Å². The summed E-state index contributed by atoms with van der Waals surface area (Å²) >= 11 is 0. The number of fused-ring (bicyclic) bond motifs is 1. The summed E-state index contributed by atoms with van der Waals surface area (Å²) in [5, 5.41) is 9.38. The van der Waals surface area contributed by atoms with Gasteiger partial charge in [0.05, 0.1) is 18.1 Å². The molecular formula is C13H10O4. The molecule has 2 heterocycles. The molecule has 1 aromatic carbocycles. The van der Waals surface area contributed by atoms with E-state index in [2.05, 4.69) is 4.42 Å². The van der Waals surface area contributed by atoms with Crippen LogP contribution in [0.2, 0.25) is 0 Å². The maximum Gasteiger partial charge on any atom is 0.338 e. The fraction of sp³-hybridized carbons (Fsp3) is 0. The highest BCUT2D eigenvalue weighted by Gasteiger charge is 2.00. The average Bonchev–Trinajstić information content (AvgIpc) is 3.01. The molecule has 2 aromatic heterocycles. The predicted molar refractivity (Wildman–Crippen MR) is 61.9 cm³/mol. The van der Waals surface area contributed by atoms with Crippen LogP contribution in [0.15, 0.2) is 64.0 Å². The lowest BCUT2D eigenvalue weighted by Crippen LogP contribution is -1.90. The quantitative estimate of drug-likeness (QED) is 0.695. The van der Waals surface area contributed by atoms with Crippen molar-refractivity contribution in [2.75, 3.05) is 0 Å². The number of hydrogen-bond donors (Lipinski definition) is 1. The van der Waals surface area contributed by atoms with Crippen molar-refractivity contribution in [2.24, 2.45) is 0 Å². The van der Waals surface area contributed by atoms with E-state index in [1.807, 2.05) is 30.3 Å². The molecule has 0 unspecified atom stereocenters. The first-order valence-corrected chi connectivity index (χ1v) is 4.95. The van der Waals surface area contributed by atoms with Crippen molar-refractivity contribution in [1.82, 2.24) is 0 Å². The summed E-state index contributed by atoms with van der Waals surface area (Å²) < 4.78 is 9.61. The normalized spacial score (nSPS) is 9.65. The van der Waals surface area contributed by atoms with Crippen LogP contribution in [0.1, 0.15) is 10.4 Å². The second-order valence-electron chi connectivity index (χ2n) is 3.28. The third kappa shape index (κ3) is 2.75. The molecule has 0 amide bonds. The number of carboxylic acids is 1. The van der Waals surface area contributed by atoms with E-state index in [4.69, 9.17) is 9.52 Å². The van der Waals surface area contributed by atoms with E-state index in [1.54, 1.807) is 6.26 Å². The largest absolute Gasteiger partial charge is 0.478 e. The summed E-state index contributed by atoms with van der Waals surface area (Å²) in [5.41, 5.74) is 1.14. The Morgan fingerprint density at radius 2 is 1.88 bits per heavy atom. The summed E-state index contributed by atoms with van der Waals surface area (Å²) in [6.45, 7) is 0. The van der Waals surface area contributed by atoms with Gasteiger partial charge in [-0.3, -0.25) is 0 Å². The van der Waals surface area contributed by atoms with Gasteiger partial charge in [0.15, 0.2) is 0 Å². The minimum absolute atomic E-state index is 0.185. The molecule has 0 spiro atoms. The Bertz CT molecular complexity index is 562. The van der Waals surface area contributed by atoms with Crippen LogP contribution in [0.3, 0.4) is 0 Å². The second-order valence-corrected chi connectivity index (χ2v) is 3.28. The Morgan fingerprint density at radius 3 is 2.47 bits per heavy atom. The number of benzene rings is 1. The van der Waals surface area contributed by atoms with Crippen LogP contribution in [0.25, 0.3) is 11.0 Å². The summed E-state index contributed by atoms with van der Waals surface area (Å²) in [6, 6.07) is 11.3. The number of rotatable bonds is 1. The molecule has 0 aliphatic heterocycles. The first-order valence-electron chi connectivity index (χ1n) is 4.95. The number of hydrogen-bond acceptors (Lipinski definition) is 3. The molecular weight excluding hydrogens is 220 g/mol. The standard InChI is InChI=1S/C8H6O.C5H4O3/c1-2-4-8-7(3-1)5-6-9-8;6-5(7)4-1-2-8-3-4/h1-6H;1-3H,(H,6,7). The van der Waals surface area contributed by atoms with Gasteiger partial charge in [0, 0.05) is 5.39 Å². The molecule has 4 heteroatoms. The Labute approximate surface area is 97.1 Å². The Balaban J connectivity index is 0.000000128. The third-order valence-corrected chi connectivity index (χ3v) is 2.13. The van der Waals surface area contributed by atoms with Crippen molar-refractivity contribution in [1.29, 1.82) is 0 Å². The maximum atomic E-state index is 10.0. The van der Waals surface area contributed by atoms with Crippen LogP contribution in [-0.2, 0) is 0 Å². The Hall–Kier alpha value is -2.49. The summed E-state index contributed by atoms with van der Waals surface area (Å²) in [7, 11) is 0. The third-order valence-electron chi connectivity index (χ3n) is 2.13. The van der Waals surface area contributed by atoms with Crippen molar-refractivity contribution in [3.8, 4) is 0 Å². The molecule has 86 valence electrons. The number of carboxylic acid groups (broad SMARTS) is 1. The number of furan rings is 2. The molecule has 0 bridgehead atoms. The highest BCUT2D eigenvalue weighted by Crippen LogP contribution is 2.12. The molecule has 3 rings (SSSR count). The minimum atomic E-state index is -0.959. The van der Waals surface area contributed by atoms with E-state index in [-0.39, 0.29) is 5.56 Å². The van der Waals surface area contributed by atoms with Gasteiger partial charge in [0.2, 0.25) is 0 Å². The van der Waals surface area contributed by atoms with Crippen LogP contribution in [0.5, 0.6) is 0 Å². The monoisotopic (exact) mass is 230 g/mol. The van der Waals surface area contributed by atoms with Crippen molar-refractivity contribution in [3.63, 3.8) is 0 Å². The van der Waals surface area contributed by atoms with Crippen LogP contribution in [-0.4, -0.2) is 11.1 Å². The molecule has 4 nitrogen and oxygen atoms in total. The summed E-state index contributed by atoms with van der Waals surface area (Å²) in [5.74, 6) is -0.959. The molecule has 0 aliphatic carbocycles. The molecule has 0 atom stereocenters. The van der Waals surface area contributed by atoms with E-state index in [1.165, 1.54) is 18.6 Å². The molecule has 0 aliphatic rings. The summed E-state index contributed by atoms with van der Waals surface area (Å²) in [6.07, 6.45) is 4.20.